The minimum atomic E-state index is -4.40. The topological polar surface area (TPSA) is 118 Å². The average molecular weight is 670 g/mol. The van der Waals surface area contributed by atoms with E-state index in [0.29, 0.717) is 23.1 Å². The highest BCUT2D eigenvalue weighted by Crippen LogP contribution is 2.41. The van der Waals surface area contributed by atoms with Gasteiger partial charge >= 0.3 is 16.1 Å². The molecule has 0 unspecified atom stereocenters. The standard InChI is InChI=1S/C32H29BrO7S2/c1-18-19(2)41-29(15-20-7-10-23(33)11-8-20)30(18)31(35)22-9-14-28(26(16-22)21-5-3-4-6-21)40-42(38,39)24-12-13-25(32(36)37)27(34)17-24/h7-14,16-17,21,34H,3-6,15H2,1-2H3,(H,36,37). The Hall–Kier alpha value is -3.47. The van der Waals surface area contributed by atoms with Crippen LogP contribution in [0.25, 0.3) is 0 Å². The van der Waals surface area contributed by atoms with Gasteiger partial charge in [-0.15, -0.1) is 11.3 Å². The van der Waals surface area contributed by atoms with Crippen LogP contribution in [0.2, 0.25) is 0 Å². The van der Waals surface area contributed by atoms with E-state index in [2.05, 4.69) is 15.9 Å². The number of carboxylic acid groups (broad SMARTS) is 1. The molecule has 3 aromatic carbocycles. The van der Waals surface area contributed by atoms with E-state index in [-0.39, 0.29) is 22.3 Å². The summed E-state index contributed by atoms with van der Waals surface area (Å²) < 4.78 is 32.9. The SMILES string of the molecule is Cc1sc(Cc2ccc(Br)cc2)c(C(=O)c2ccc(OS(=O)(=O)c3ccc(C(=O)O)c(O)c3)c(C3CCCC3)c2)c1C. The van der Waals surface area contributed by atoms with Crippen LogP contribution in [0.3, 0.4) is 0 Å². The number of halogens is 1. The molecule has 5 rings (SSSR count). The van der Waals surface area contributed by atoms with Gasteiger partial charge in [0.15, 0.2) is 5.78 Å². The van der Waals surface area contributed by atoms with E-state index in [4.69, 9.17) is 9.29 Å². The molecule has 4 aromatic rings. The molecule has 0 bridgehead atoms. The molecule has 1 aliphatic carbocycles. The van der Waals surface area contributed by atoms with Crippen molar-refractivity contribution in [3.63, 3.8) is 0 Å². The number of carboxylic acids is 1. The Kier molecular flexibility index (Phi) is 8.59. The van der Waals surface area contributed by atoms with Gasteiger partial charge in [-0.1, -0.05) is 40.9 Å². The molecule has 1 aliphatic rings. The molecule has 1 aromatic heterocycles. The summed E-state index contributed by atoms with van der Waals surface area (Å²) in [5.74, 6) is -2.03. The molecule has 1 fully saturated rings. The number of benzene rings is 3. The second-order valence-corrected chi connectivity index (χ2v) is 14.2. The molecule has 0 aliphatic heterocycles. The minimum absolute atomic E-state index is 0.0262. The van der Waals surface area contributed by atoms with Crippen LogP contribution in [0.5, 0.6) is 11.5 Å². The maximum Gasteiger partial charge on any atom is 0.339 e. The molecule has 218 valence electrons. The van der Waals surface area contributed by atoms with Crippen molar-refractivity contribution in [1.82, 2.24) is 0 Å². The maximum atomic E-state index is 14.0. The predicted octanol–water partition coefficient (Wildman–Crippen LogP) is 7.78. The lowest BCUT2D eigenvalue weighted by molar-refractivity contribution is 0.0693. The molecule has 2 N–H and O–H groups in total. The molecule has 0 amide bonds. The predicted molar refractivity (Wildman–Crippen MR) is 165 cm³/mol. The van der Waals surface area contributed by atoms with Crippen molar-refractivity contribution >= 4 is 49.1 Å². The summed E-state index contributed by atoms with van der Waals surface area (Å²) in [6.07, 6.45) is 4.27. The van der Waals surface area contributed by atoms with Crippen molar-refractivity contribution in [3.05, 3.63) is 108 Å². The lowest BCUT2D eigenvalue weighted by atomic mass is 9.91. The quantitative estimate of drug-likeness (QED) is 0.138. The average Bonchev–Trinajstić information content (AvgIpc) is 3.57. The number of carbonyl (C=O) groups excluding carboxylic acids is 1. The van der Waals surface area contributed by atoms with Crippen LogP contribution in [-0.2, 0) is 16.5 Å². The number of hydrogen-bond donors (Lipinski definition) is 2. The van der Waals surface area contributed by atoms with Gasteiger partial charge in [0, 0.05) is 37.8 Å². The zero-order chi connectivity index (χ0) is 30.2. The number of aromatic carboxylic acids is 1. The summed E-state index contributed by atoms with van der Waals surface area (Å²) in [7, 11) is -4.40. The van der Waals surface area contributed by atoms with E-state index in [1.165, 1.54) is 6.07 Å². The summed E-state index contributed by atoms with van der Waals surface area (Å²) in [5, 5.41) is 19.2. The Morgan fingerprint density at radius 3 is 2.33 bits per heavy atom. The number of carbonyl (C=O) groups is 2. The van der Waals surface area contributed by atoms with Gasteiger partial charge in [0.05, 0.1) is 0 Å². The molecule has 42 heavy (non-hydrogen) atoms. The largest absolute Gasteiger partial charge is 0.507 e. The highest BCUT2D eigenvalue weighted by molar-refractivity contribution is 9.10. The normalized spacial score (nSPS) is 13.8. The second kappa shape index (κ2) is 12.0. The molecule has 7 nitrogen and oxygen atoms in total. The Bertz CT molecular complexity index is 1780. The minimum Gasteiger partial charge on any atom is -0.507 e. The Morgan fingerprint density at radius 2 is 1.69 bits per heavy atom. The van der Waals surface area contributed by atoms with Crippen LogP contribution >= 0.6 is 27.3 Å². The molecule has 1 saturated carbocycles. The molecule has 0 spiro atoms. The van der Waals surface area contributed by atoms with E-state index in [0.717, 1.165) is 69.2 Å². The van der Waals surface area contributed by atoms with Gasteiger partial charge in [-0.3, -0.25) is 4.79 Å². The van der Waals surface area contributed by atoms with Crippen LogP contribution in [0, 0.1) is 13.8 Å². The van der Waals surface area contributed by atoms with Crippen molar-refractivity contribution in [1.29, 1.82) is 0 Å². The van der Waals surface area contributed by atoms with Gasteiger partial charge in [0.1, 0.15) is 22.0 Å². The zero-order valence-electron chi connectivity index (χ0n) is 23.0. The van der Waals surface area contributed by atoms with E-state index >= 15 is 0 Å². The van der Waals surface area contributed by atoms with E-state index in [1.807, 2.05) is 38.1 Å². The second-order valence-electron chi connectivity index (χ2n) is 10.5. The number of phenols is 1. The fourth-order valence-corrected chi connectivity index (χ4v) is 7.84. The van der Waals surface area contributed by atoms with Crippen LogP contribution in [-0.4, -0.2) is 30.4 Å². The number of rotatable bonds is 9. The van der Waals surface area contributed by atoms with Crippen molar-refractivity contribution in [2.24, 2.45) is 0 Å². The zero-order valence-corrected chi connectivity index (χ0v) is 26.2. The van der Waals surface area contributed by atoms with Crippen LogP contribution in [0.1, 0.15) is 84.3 Å². The van der Waals surface area contributed by atoms with Gasteiger partial charge in [-0.05, 0) is 91.8 Å². The summed E-state index contributed by atoms with van der Waals surface area (Å²) in [4.78, 5) is 26.9. The first kappa shape index (κ1) is 30.0. The molecule has 10 heteroatoms. The van der Waals surface area contributed by atoms with Crippen molar-refractivity contribution < 1.29 is 32.4 Å². The monoisotopic (exact) mass is 668 g/mol. The molecule has 1 heterocycles. The lowest BCUT2D eigenvalue weighted by Crippen LogP contribution is -2.13. The molecule has 0 radical (unpaired) electrons. The van der Waals surface area contributed by atoms with Crippen LogP contribution < -0.4 is 4.18 Å². The third-order valence-corrected chi connectivity index (χ3v) is 10.7. The molecular weight excluding hydrogens is 640 g/mol. The van der Waals surface area contributed by atoms with Crippen molar-refractivity contribution in [3.8, 4) is 11.5 Å². The van der Waals surface area contributed by atoms with Crippen LogP contribution in [0.4, 0.5) is 0 Å². The number of aryl methyl sites for hydroxylation is 1. The van der Waals surface area contributed by atoms with E-state index in [1.54, 1.807) is 23.5 Å². The van der Waals surface area contributed by atoms with Crippen molar-refractivity contribution in [2.75, 3.05) is 0 Å². The highest BCUT2D eigenvalue weighted by atomic mass is 79.9. The molecular formula is C32H29BrO7S2. The van der Waals surface area contributed by atoms with Gasteiger partial charge in [-0.25, -0.2) is 4.79 Å². The fourth-order valence-electron chi connectivity index (χ4n) is 5.39. The van der Waals surface area contributed by atoms with Gasteiger partial charge in [0.2, 0.25) is 0 Å². The third kappa shape index (κ3) is 6.16. The van der Waals surface area contributed by atoms with E-state index < -0.39 is 27.4 Å². The first-order valence-electron chi connectivity index (χ1n) is 13.5. The molecule has 0 atom stereocenters. The van der Waals surface area contributed by atoms with Crippen LogP contribution in [0.15, 0.2) is 70.0 Å². The highest BCUT2D eigenvalue weighted by Gasteiger charge is 2.28. The van der Waals surface area contributed by atoms with Gasteiger partial charge in [0.25, 0.3) is 0 Å². The fraction of sp³-hybridized carbons (Fsp3) is 0.250. The third-order valence-electron chi connectivity index (χ3n) is 7.72. The Morgan fingerprint density at radius 1 is 1.00 bits per heavy atom. The van der Waals surface area contributed by atoms with Crippen molar-refractivity contribution in [2.45, 2.75) is 56.8 Å². The number of aromatic hydroxyl groups is 1. The van der Waals surface area contributed by atoms with Gasteiger partial charge in [-0.2, -0.15) is 8.42 Å². The summed E-state index contributed by atoms with van der Waals surface area (Å²) >= 11 is 5.08. The summed E-state index contributed by atoms with van der Waals surface area (Å²) in [6.45, 7) is 3.96. The van der Waals surface area contributed by atoms with Gasteiger partial charge < -0.3 is 14.4 Å². The number of thiophene rings is 1. The van der Waals surface area contributed by atoms with E-state index in [9.17, 15) is 23.1 Å². The number of hydrogen-bond acceptors (Lipinski definition) is 7. The summed E-state index contributed by atoms with van der Waals surface area (Å²) in [6, 6.07) is 15.8. The smallest absolute Gasteiger partial charge is 0.339 e. The summed E-state index contributed by atoms with van der Waals surface area (Å²) in [5.41, 5.74) is 3.40. The Balaban J connectivity index is 1.50. The number of ketones is 1. The maximum absolute atomic E-state index is 14.0. The first-order valence-corrected chi connectivity index (χ1v) is 16.5. The Labute approximate surface area is 257 Å². The lowest BCUT2D eigenvalue weighted by Gasteiger charge is -2.18. The molecule has 0 saturated heterocycles. The first-order chi connectivity index (χ1) is 19.9.